The number of sulfone groups is 1. The lowest BCUT2D eigenvalue weighted by molar-refractivity contribution is -0.173. The molecule has 7 heterocycles. The van der Waals surface area contributed by atoms with Gasteiger partial charge in [-0.3, -0.25) is 10.00 Å². The van der Waals surface area contributed by atoms with Gasteiger partial charge in [0.25, 0.3) is 0 Å². The average molecular weight is 509 g/mol. The molecule has 10 nitrogen and oxygen atoms in total. The number of hydrogen-bond donors (Lipinski definition) is 3. The van der Waals surface area contributed by atoms with Crippen molar-refractivity contribution in [1.29, 1.82) is 0 Å². The molecule has 3 N–H and O–H groups in total. The molecular weight excluding hydrogens is 484 g/mol. The molecule has 0 aliphatic carbocycles. The molecule has 7 rings (SSSR count). The molecule has 3 fully saturated rings. The second-order valence-electron chi connectivity index (χ2n) is 9.65. The summed E-state index contributed by atoms with van der Waals surface area (Å²) in [6.07, 6.45) is 4.58. The van der Waals surface area contributed by atoms with Crippen molar-refractivity contribution in [2.45, 2.75) is 60.6 Å². The summed E-state index contributed by atoms with van der Waals surface area (Å²) >= 11 is 1.57. The Balaban J connectivity index is 1.09. The summed E-state index contributed by atoms with van der Waals surface area (Å²) in [6.45, 7) is 1.95. The van der Waals surface area contributed by atoms with Gasteiger partial charge in [-0.05, 0) is 56.2 Å². The van der Waals surface area contributed by atoms with Crippen molar-refractivity contribution in [1.82, 2.24) is 30.0 Å². The standard InChI is InChI=1S/C23H24N8O2S2/c1-13-8-18(30-29-13)26-20-17-5-7-34-21(17)28-22(27-20)25-14-9-15-11-23(12-16(10-14)31(15)23)35(32,33)19-4-2-3-6-24-19/h2-8,14-16H,9-12H2,1H3,(H3,25,26,27,28,29,30)/t14?,15-,16+,23?. The number of nitrogens with one attached hydrogen (secondary N) is 3. The molecule has 0 saturated carbocycles. The van der Waals surface area contributed by atoms with Crippen LogP contribution in [0.4, 0.5) is 17.6 Å². The van der Waals surface area contributed by atoms with E-state index in [1.54, 1.807) is 35.7 Å². The van der Waals surface area contributed by atoms with Gasteiger partial charge in [0.1, 0.15) is 15.5 Å². The highest BCUT2D eigenvalue weighted by atomic mass is 32.2. The minimum atomic E-state index is -3.48. The van der Waals surface area contributed by atoms with Gasteiger partial charge in [0, 0.05) is 36.1 Å². The van der Waals surface area contributed by atoms with E-state index in [0.717, 1.165) is 34.6 Å². The third-order valence-corrected chi connectivity index (χ3v) is 10.6. The maximum atomic E-state index is 13.3. The first-order valence-corrected chi connectivity index (χ1v) is 14.0. The van der Waals surface area contributed by atoms with Crippen LogP contribution in [0.3, 0.4) is 0 Å². The molecule has 0 amide bonds. The van der Waals surface area contributed by atoms with Gasteiger partial charge in [-0.25, -0.2) is 18.4 Å². The zero-order valence-electron chi connectivity index (χ0n) is 19.0. The van der Waals surface area contributed by atoms with E-state index in [4.69, 9.17) is 9.97 Å². The number of pyridine rings is 1. The number of aromatic nitrogens is 5. The van der Waals surface area contributed by atoms with Crippen molar-refractivity contribution in [3.05, 3.63) is 47.6 Å². The van der Waals surface area contributed by atoms with E-state index < -0.39 is 14.7 Å². The van der Waals surface area contributed by atoms with E-state index in [0.29, 0.717) is 24.6 Å². The second kappa shape index (κ2) is 7.45. The fraction of sp³-hybridized carbons (Fsp3) is 0.391. The van der Waals surface area contributed by atoms with Gasteiger partial charge in [0.2, 0.25) is 15.8 Å². The molecule has 3 aliphatic heterocycles. The topological polar surface area (TPSA) is 129 Å². The molecule has 12 heteroatoms. The van der Waals surface area contributed by atoms with Crippen molar-refractivity contribution in [3.8, 4) is 0 Å². The lowest BCUT2D eigenvalue weighted by Gasteiger charge is -2.71. The van der Waals surface area contributed by atoms with Crippen LogP contribution in [0.15, 0.2) is 46.9 Å². The Bertz CT molecular complexity index is 1520. The fourth-order valence-electron chi connectivity index (χ4n) is 6.09. The van der Waals surface area contributed by atoms with Crippen LogP contribution < -0.4 is 10.6 Å². The number of piperidine rings is 2. The number of thiophene rings is 1. The van der Waals surface area contributed by atoms with Gasteiger partial charge in [-0.2, -0.15) is 10.1 Å². The molecule has 4 aromatic rings. The second-order valence-corrected chi connectivity index (χ2v) is 12.7. The van der Waals surface area contributed by atoms with Crippen molar-refractivity contribution in [2.75, 3.05) is 10.6 Å². The molecule has 0 bridgehead atoms. The Labute approximate surface area is 206 Å². The zero-order chi connectivity index (χ0) is 23.8. The summed E-state index contributed by atoms with van der Waals surface area (Å²) in [4.78, 5) is 16.0. The van der Waals surface area contributed by atoms with E-state index in [-0.39, 0.29) is 23.2 Å². The SMILES string of the molecule is Cc1cc(Nc2nc(NC3C[C@@H]4CC5(S(=O)(=O)c6ccccn6)C[C@H](C3)N45)nc3sccc23)n[nH]1. The van der Waals surface area contributed by atoms with Crippen molar-refractivity contribution >= 4 is 49.0 Å². The summed E-state index contributed by atoms with van der Waals surface area (Å²) in [5.41, 5.74) is 0.968. The molecule has 4 atom stereocenters. The van der Waals surface area contributed by atoms with E-state index in [1.165, 1.54) is 0 Å². The maximum Gasteiger partial charge on any atom is 0.226 e. The van der Waals surface area contributed by atoms with Crippen LogP contribution in [0.1, 0.15) is 31.4 Å². The van der Waals surface area contributed by atoms with Crippen LogP contribution in [0.2, 0.25) is 0 Å². The molecule has 180 valence electrons. The molecular formula is C23H24N8O2S2. The monoisotopic (exact) mass is 508 g/mol. The Morgan fingerprint density at radius 2 is 2.00 bits per heavy atom. The third kappa shape index (κ3) is 3.13. The molecule has 35 heavy (non-hydrogen) atoms. The predicted molar refractivity (Wildman–Crippen MR) is 133 cm³/mol. The van der Waals surface area contributed by atoms with Crippen LogP contribution in [0, 0.1) is 6.92 Å². The number of hydrogen-bond acceptors (Lipinski definition) is 10. The first-order chi connectivity index (χ1) is 16.9. The Morgan fingerprint density at radius 3 is 2.71 bits per heavy atom. The van der Waals surface area contributed by atoms with Gasteiger partial charge < -0.3 is 10.6 Å². The smallest absolute Gasteiger partial charge is 0.226 e. The number of aromatic amines is 1. The van der Waals surface area contributed by atoms with Crippen LogP contribution in [0.5, 0.6) is 0 Å². The van der Waals surface area contributed by atoms with Crippen LogP contribution in [0.25, 0.3) is 10.2 Å². The van der Waals surface area contributed by atoms with Gasteiger partial charge in [0.05, 0.1) is 5.39 Å². The minimum absolute atomic E-state index is 0.182. The van der Waals surface area contributed by atoms with E-state index in [1.807, 2.05) is 24.4 Å². The number of nitrogens with zero attached hydrogens (tertiary/aromatic N) is 5. The maximum absolute atomic E-state index is 13.3. The highest BCUT2D eigenvalue weighted by Crippen LogP contribution is 2.60. The van der Waals surface area contributed by atoms with Crippen LogP contribution in [-0.4, -0.2) is 61.5 Å². The Hall–Kier alpha value is -3.09. The van der Waals surface area contributed by atoms with Crippen LogP contribution >= 0.6 is 11.3 Å². The number of anilines is 3. The van der Waals surface area contributed by atoms with Crippen molar-refractivity contribution in [2.24, 2.45) is 0 Å². The largest absolute Gasteiger partial charge is 0.351 e. The zero-order valence-corrected chi connectivity index (χ0v) is 20.6. The normalized spacial score (nSPS) is 27.6. The summed E-state index contributed by atoms with van der Waals surface area (Å²) in [6, 6.07) is 9.70. The van der Waals surface area contributed by atoms with Crippen molar-refractivity contribution in [3.63, 3.8) is 0 Å². The molecule has 2 unspecified atom stereocenters. The number of aryl methyl sites for hydroxylation is 1. The molecule has 4 aromatic heterocycles. The van der Waals surface area contributed by atoms with E-state index in [9.17, 15) is 8.42 Å². The average Bonchev–Trinajstić information content (AvgIpc) is 3.45. The summed E-state index contributed by atoms with van der Waals surface area (Å²) < 4.78 is 26.7. The first-order valence-electron chi connectivity index (χ1n) is 11.7. The summed E-state index contributed by atoms with van der Waals surface area (Å²) in [5, 5.41) is 17.2. The molecule has 0 radical (unpaired) electrons. The molecule has 3 saturated heterocycles. The number of fused-ring (bicyclic) bond motifs is 1. The number of rotatable bonds is 6. The lowest BCUT2D eigenvalue weighted by atomic mass is 9.68. The summed E-state index contributed by atoms with van der Waals surface area (Å²) in [5.74, 6) is 2.01. The minimum Gasteiger partial charge on any atom is -0.351 e. The molecule has 3 aliphatic rings. The molecule has 0 aromatic carbocycles. The van der Waals surface area contributed by atoms with Gasteiger partial charge in [0.15, 0.2) is 10.8 Å². The highest BCUT2D eigenvalue weighted by Gasteiger charge is 2.71. The third-order valence-electron chi connectivity index (χ3n) is 7.50. The van der Waals surface area contributed by atoms with Gasteiger partial charge in [-0.1, -0.05) is 6.07 Å². The Morgan fingerprint density at radius 1 is 1.17 bits per heavy atom. The van der Waals surface area contributed by atoms with E-state index >= 15 is 0 Å². The van der Waals surface area contributed by atoms with Crippen LogP contribution in [-0.2, 0) is 9.84 Å². The quantitative estimate of drug-likeness (QED) is 0.359. The highest BCUT2D eigenvalue weighted by molar-refractivity contribution is 7.92. The molecule has 0 spiro atoms. The fourth-order valence-corrected chi connectivity index (χ4v) is 9.10. The predicted octanol–water partition coefficient (Wildman–Crippen LogP) is 3.45. The van der Waals surface area contributed by atoms with Crippen molar-refractivity contribution < 1.29 is 8.42 Å². The lowest BCUT2D eigenvalue weighted by Crippen LogP contribution is -2.83. The Kier molecular flexibility index (Phi) is 4.52. The summed E-state index contributed by atoms with van der Waals surface area (Å²) in [7, 11) is -3.48. The number of H-pyrrole nitrogens is 1. The van der Waals surface area contributed by atoms with Gasteiger partial charge in [-0.15, -0.1) is 11.3 Å². The van der Waals surface area contributed by atoms with E-state index in [2.05, 4.69) is 30.7 Å². The van der Waals surface area contributed by atoms with Gasteiger partial charge >= 0.3 is 0 Å². The first kappa shape index (κ1) is 21.2.